The van der Waals surface area contributed by atoms with Gasteiger partial charge in [-0.25, -0.2) is 9.59 Å². The average Bonchev–Trinajstić information content (AvgIpc) is 2.98. The third-order valence-corrected chi connectivity index (χ3v) is 5.90. The molecule has 2 atom stereocenters. The zero-order valence-electron chi connectivity index (χ0n) is 22.8. The third kappa shape index (κ3) is 11.4. The van der Waals surface area contributed by atoms with Crippen molar-refractivity contribution in [1.29, 1.82) is 0 Å². The van der Waals surface area contributed by atoms with Crippen molar-refractivity contribution in [2.24, 2.45) is 10.7 Å². The van der Waals surface area contributed by atoms with Crippen LogP contribution in [-0.4, -0.2) is 41.7 Å². The molecule has 3 aromatic carbocycles. The summed E-state index contributed by atoms with van der Waals surface area (Å²) in [6.07, 6.45) is -0.917. The maximum absolute atomic E-state index is 12.5. The molecule has 3 amide bonds. The van der Waals surface area contributed by atoms with Crippen molar-refractivity contribution in [3.8, 4) is 5.75 Å². The zero-order valence-corrected chi connectivity index (χ0v) is 22.8. The van der Waals surface area contributed by atoms with E-state index < -0.39 is 18.2 Å². The maximum Gasteiger partial charge on any atom is 0.414 e. The smallest absolute Gasteiger partial charge is 0.414 e. The van der Waals surface area contributed by atoms with Crippen LogP contribution in [0.3, 0.4) is 0 Å². The summed E-state index contributed by atoms with van der Waals surface area (Å²) >= 11 is 0. The number of aliphatic imine (C=N–C) groups is 1. The number of nitrogens with two attached hydrogens (primary N) is 1. The first-order valence-corrected chi connectivity index (χ1v) is 13.1. The van der Waals surface area contributed by atoms with Crippen molar-refractivity contribution in [1.82, 2.24) is 16.0 Å². The highest BCUT2D eigenvalue weighted by atomic mass is 16.6. The van der Waals surface area contributed by atoms with Gasteiger partial charge < -0.3 is 25.6 Å². The molecule has 41 heavy (non-hydrogen) atoms. The molecular weight excluding hydrogens is 526 g/mol. The first-order chi connectivity index (χ1) is 19.8. The molecule has 3 rings (SSSR count). The van der Waals surface area contributed by atoms with E-state index in [4.69, 9.17) is 15.2 Å². The van der Waals surface area contributed by atoms with Crippen LogP contribution in [0.25, 0.3) is 0 Å². The quantitative estimate of drug-likeness (QED) is 0.135. The lowest BCUT2D eigenvalue weighted by Crippen LogP contribution is -2.44. The number of alkyl carbamates (subject to hydrolysis) is 2. The van der Waals surface area contributed by atoms with Gasteiger partial charge in [-0.3, -0.25) is 20.4 Å². The van der Waals surface area contributed by atoms with E-state index >= 15 is 0 Å². The van der Waals surface area contributed by atoms with E-state index in [1.54, 1.807) is 24.3 Å². The van der Waals surface area contributed by atoms with Crippen molar-refractivity contribution >= 4 is 24.1 Å². The molecule has 0 spiro atoms. The Morgan fingerprint density at radius 2 is 1.34 bits per heavy atom. The molecular formula is C30H35N5O6. The lowest BCUT2D eigenvalue weighted by atomic mass is 10.1. The van der Waals surface area contributed by atoms with E-state index in [2.05, 4.69) is 20.9 Å². The molecule has 216 valence electrons. The fourth-order valence-corrected chi connectivity index (χ4v) is 3.62. The van der Waals surface area contributed by atoms with Crippen LogP contribution in [0, 0.1) is 0 Å². The van der Waals surface area contributed by atoms with E-state index in [-0.39, 0.29) is 43.4 Å². The van der Waals surface area contributed by atoms with Gasteiger partial charge in [-0.2, -0.15) is 0 Å². The highest BCUT2D eigenvalue weighted by molar-refractivity contribution is 6.01. The van der Waals surface area contributed by atoms with Gasteiger partial charge in [0.25, 0.3) is 0 Å². The van der Waals surface area contributed by atoms with Gasteiger partial charge in [-0.15, -0.1) is 0 Å². The third-order valence-electron chi connectivity index (χ3n) is 5.90. The molecule has 0 radical (unpaired) electrons. The number of nitrogens with zero attached hydrogens (tertiary/aromatic N) is 1. The summed E-state index contributed by atoms with van der Waals surface area (Å²) in [6.45, 7) is 2.04. The Balaban J connectivity index is 1.51. The summed E-state index contributed by atoms with van der Waals surface area (Å²) in [5, 5.41) is 17.1. The fraction of sp³-hybridized carbons (Fsp3) is 0.267. The molecule has 0 saturated heterocycles. The topological polar surface area (TPSA) is 164 Å². The molecule has 6 N–H and O–H groups in total. The second kappa shape index (κ2) is 16.3. The molecule has 0 aromatic heterocycles. The summed E-state index contributed by atoms with van der Waals surface area (Å²) in [5.41, 5.74) is 8.47. The Hall–Kier alpha value is -4.90. The van der Waals surface area contributed by atoms with Gasteiger partial charge in [0.1, 0.15) is 19.0 Å². The number of aromatic hydroxyl groups is 1. The normalized spacial score (nSPS) is 11.9. The van der Waals surface area contributed by atoms with Crippen LogP contribution in [0.15, 0.2) is 89.9 Å². The van der Waals surface area contributed by atoms with Crippen LogP contribution in [0.1, 0.15) is 42.5 Å². The van der Waals surface area contributed by atoms with E-state index in [9.17, 15) is 19.5 Å². The van der Waals surface area contributed by atoms with E-state index in [0.717, 1.165) is 16.7 Å². The number of benzene rings is 3. The number of hydrogen-bond acceptors (Lipinski definition) is 8. The molecule has 0 aliphatic heterocycles. The number of guanidine groups is 1. The number of nitrogens with one attached hydrogen (secondary N) is 3. The Morgan fingerprint density at radius 1 is 0.829 bits per heavy atom. The minimum atomic E-state index is -0.810. The SMILES string of the molecule is C[C@@H](NC(=O)[C@H](N)CCCN=C(NC(=O)OCc1ccccc1)NC(=O)OCc1ccccc1)c1ccc(O)cc1. The zero-order chi connectivity index (χ0) is 29.5. The number of amides is 3. The summed E-state index contributed by atoms with van der Waals surface area (Å²) in [6, 6.07) is 23.7. The second-order valence-electron chi connectivity index (χ2n) is 9.17. The maximum atomic E-state index is 12.5. The lowest BCUT2D eigenvalue weighted by molar-refractivity contribution is -0.123. The minimum absolute atomic E-state index is 0.0327. The molecule has 0 unspecified atom stereocenters. The number of phenolic OH excluding ortho intramolecular Hbond substituents is 1. The van der Waals surface area contributed by atoms with Gasteiger partial charge in [-0.05, 0) is 48.6 Å². The first-order valence-electron chi connectivity index (χ1n) is 13.1. The highest BCUT2D eigenvalue weighted by Gasteiger charge is 2.17. The lowest BCUT2D eigenvalue weighted by Gasteiger charge is -2.18. The van der Waals surface area contributed by atoms with Crippen LogP contribution in [0.2, 0.25) is 0 Å². The number of rotatable bonds is 11. The monoisotopic (exact) mass is 561 g/mol. The largest absolute Gasteiger partial charge is 0.508 e. The van der Waals surface area contributed by atoms with E-state index in [1.165, 1.54) is 0 Å². The number of carbonyl (C=O) groups is 3. The van der Waals surface area contributed by atoms with Crippen LogP contribution in [0.5, 0.6) is 5.75 Å². The van der Waals surface area contributed by atoms with Gasteiger partial charge in [0, 0.05) is 6.54 Å². The second-order valence-corrected chi connectivity index (χ2v) is 9.17. The number of carbonyl (C=O) groups excluding carboxylic acids is 3. The van der Waals surface area contributed by atoms with Gasteiger partial charge in [0.05, 0.1) is 12.1 Å². The van der Waals surface area contributed by atoms with Crippen molar-refractivity contribution < 1.29 is 29.0 Å². The van der Waals surface area contributed by atoms with Gasteiger partial charge in [0.2, 0.25) is 11.9 Å². The van der Waals surface area contributed by atoms with E-state index in [0.29, 0.717) is 12.8 Å². The minimum Gasteiger partial charge on any atom is -0.508 e. The van der Waals surface area contributed by atoms with Crippen LogP contribution >= 0.6 is 0 Å². The van der Waals surface area contributed by atoms with Gasteiger partial charge in [-0.1, -0.05) is 72.8 Å². The summed E-state index contributed by atoms with van der Waals surface area (Å²) in [4.78, 5) is 41.5. The van der Waals surface area contributed by atoms with Crippen molar-refractivity contribution in [2.45, 2.75) is 45.1 Å². The van der Waals surface area contributed by atoms with Gasteiger partial charge in [0.15, 0.2) is 0 Å². The Morgan fingerprint density at radius 3 is 1.85 bits per heavy atom. The summed E-state index contributed by atoms with van der Waals surface area (Å²) < 4.78 is 10.4. The molecule has 0 bridgehead atoms. The molecule has 3 aromatic rings. The van der Waals surface area contributed by atoms with Crippen molar-refractivity contribution in [3.05, 3.63) is 102 Å². The Labute approximate surface area is 238 Å². The number of phenols is 1. The van der Waals surface area contributed by atoms with Crippen molar-refractivity contribution in [3.63, 3.8) is 0 Å². The fourth-order valence-electron chi connectivity index (χ4n) is 3.62. The van der Waals surface area contributed by atoms with Crippen LogP contribution < -0.4 is 21.7 Å². The number of ether oxygens (including phenoxy) is 2. The molecule has 0 aliphatic rings. The van der Waals surface area contributed by atoms with Crippen LogP contribution in [0.4, 0.5) is 9.59 Å². The predicted octanol–water partition coefficient (Wildman–Crippen LogP) is 3.89. The molecule has 0 heterocycles. The average molecular weight is 562 g/mol. The molecule has 0 aliphatic carbocycles. The molecule has 0 saturated carbocycles. The summed E-state index contributed by atoms with van der Waals surface area (Å²) in [5.74, 6) is -0.345. The standard InChI is InChI=1S/C30H35N5O6/c1-21(24-14-16-25(36)17-15-24)33-27(37)26(31)13-8-18-32-28(34-29(38)40-19-22-9-4-2-5-10-22)35-30(39)41-20-23-11-6-3-7-12-23/h2-7,9-12,14-17,21,26,36H,8,13,18-20,31H2,1H3,(H,33,37)(H2,32,34,35,38,39)/t21-,26-/m1/s1. The number of hydrogen-bond donors (Lipinski definition) is 5. The predicted molar refractivity (Wildman–Crippen MR) is 154 cm³/mol. The van der Waals surface area contributed by atoms with E-state index in [1.807, 2.05) is 67.6 Å². The highest BCUT2D eigenvalue weighted by Crippen LogP contribution is 2.16. The van der Waals surface area contributed by atoms with Crippen molar-refractivity contribution in [2.75, 3.05) is 6.54 Å². The first kappa shape index (κ1) is 30.6. The Kier molecular flexibility index (Phi) is 12.2. The van der Waals surface area contributed by atoms with Crippen LogP contribution in [-0.2, 0) is 27.5 Å². The molecule has 0 fully saturated rings. The summed E-state index contributed by atoms with van der Waals surface area (Å²) in [7, 11) is 0. The Bertz CT molecular complexity index is 1230. The molecule has 11 nitrogen and oxygen atoms in total. The molecule has 11 heteroatoms. The van der Waals surface area contributed by atoms with Gasteiger partial charge >= 0.3 is 12.2 Å².